The van der Waals surface area contributed by atoms with Crippen LogP contribution >= 0.6 is 0 Å². The van der Waals surface area contributed by atoms with Crippen molar-refractivity contribution in [1.29, 1.82) is 0 Å². The quantitative estimate of drug-likeness (QED) is 0.873. The van der Waals surface area contributed by atoms with Gasteiger partial charge in [0, 0.05) is 25.7 Å². The van der Waals surface area contributed by atoms with Crippen LogP contribution in [0.2, 0.25) is 0 Å². The molecule has 1 saturated heterocycles. The first-order chi connectivity index (χ1) is 10.3. The molecule has 0 saturated carbocycles. The van der Waals surface area contributed by atoms with Crippen LogP contribution in [-0.4, -0.2) is 44.7 Å². The number of amides is 2. The second-order valence-corrected chi connectivity index (χ2v) is 7.60. The van der Waals surface area contributed by atoms with E-state index in [-0.39, 0.29) is 12.1 Å². The van der Waals surface area contributed by atoms with Crippen molar-refractivity contribution in [2.24, 2.45) is 0 Å². The predicted molar refractivity (Wildman–Crippen MR) is 86.0 cm³/mol. The number of nitrogens with one attached hydrogen (secondary N) is 2. The average Bonchev–Trinajstić information content (AvgIpc) is 2.45. The number of benzene rings is 1. The van der Waals surface area contributed by atoms with Gasteiger partial charge in [-0.15, -0.1) is 0 Å². The zero-order valence-corrected chi connectivity index (χ0v) is 13.8. The molecule has 22 heavy (non-hydrogen) atoms. The summed E-state index contributed by atoms with van der Waals surface area (Å²) in [5.41, 5.74) is 2.22. The number of sulfonamides is 1. The number of carbonyl (C=O) groups is 1. The summed E-state index contributed by atoms with van der Waals surface area (Å²) in [6.07, 6.45) is 2.70. The summed E-state index contributed by atoms with van der Waals surface area (Å²) in [7, 11) is -3.24. The van der Waals surface area contributed by atoms with Crippen LogP contribution in [-0.2, 0) is 16.6 Å². The second-order valence-electron chi connectivity index (χ2n) is 5.82. The SMILES string of the molecule is Cc1ccc(CNC(=O)N2CCCC(NS(C)(=O)=O)C2)cc1. The van der Waals surface area contributed by atoms with E-state index >= 15 is 0 Å². The summed E-state index contributed by atoms with van der Waals surface area (Å²) in [5.74, 6) is 0. The Balaban J connectivity index is 1.85. The molecule has 1 aliphatic heterocycles. The Morgan fingerprint density at radius 3 is 2.64 bits per heavy atom. The van der Waals surface area contributed by atoms with Gasteiger partial charge in [-0.25, -0.2) is 17.9 Å². The van der Waals surface area contributed by atoms with E-state index in [1.54, 1.807) is 4.90 Å². The van der Waals surface area contributed by atoms with Gasteiger partial charge < -0.3 is 10.2 Å². The molecule has 1 atom stereocenters. The highest BCUT2D eigenvalue weighted by Gasteiger charge is 2.25. The lowest BCUT2D eigenvalue weighted by molar-refractivity contribution is 0.177. The standard InChI is InChI=1S/C15H23N3O3S/c1-12-5-7-13(8-6-12)10-16-15(19)18-9-3-4-14(11-18)17-22(2,20)21/h5-8,14,17H,3-4,9-11H2,1-2H3,(H,16,19). The van der Waals surface area contributed by atoms with Crippen LogP contribution in [0.5, 0.6) is 0 Å². The molecule has 1 aliphatic rings. The lowest BCUT2D eigenvalue weighted by Gasteiger charge is -2.32. The molecule has 1 unspecified atom stereocenters. The van der Waals surface area contributed by atoms with Gasteiger partial charge in [0.1, 0.15) is 0 Å². The summed E-state index contributed by atoms with van der Waals surface area (Å²) in [5, 5.41) is 2.88. The molecular formula is C15H23N3O3S. The highest BCUT2D eigenvalue weighted by Crippen LogP contribution is 2.11. The number of carbonyl (C=O) groups excluding carboxylic acids is 1. The van der Waals surface area contributed by atoms with Gasteiger partial charge in [0.05, 0.1) is 6.26 Å². The largest absolute Gasteiger partial charge is 0.334 e. The van der Waals surface area contributed by atoms with Crippen LogP contribution in [0, 0.1) is 6.92 Å². The molecule has 2 rings (SSSR count). The van der Waals surface area contributed by atoms with E-state index in [0.29, 0.717) is 19.6 Å². The van der Waals surface area contributed by atoms with Crippen molar-refractivity contribution in [3.05, 3.63) is 35.4 Å². The highest BCUT2D eigenvalue weighted by atomic mass is 32.2. The Kier molecular flexibility index (Phi) is 5.42. The molecule has 1 aromatic rings. The maximum Gasteiger partial charge on any atom is 0.317 e. The molecule has 0 radical (unpaired) electrons. The van der Waals surface area contributed by atoms with Gasteiger partial charge in [0.2, 0.25) is 10.0 Å². The minimum absolute atomic E-state index is 0.152. The maximum absolute atomic E-state index is 12.2. The Hall–Kier alpha value is -1.60. The van der Waals surface area contributed by atoms with E-state index < -0.39 is 10.0 Å². The van der Waals surface area contributed by atoms with E-state index in [1.165, 1.54) is 5.56 Å². The number of likely N-dealkylation sites (tertiary alicyclic amines) is 1. The number of urea groups is 1. The molecular weight excluding hydrogens is 302 g/mol. The summed E-state index contributed by atoms with van der Waals surface area (Å²) in [4.78, 5) is 13.9. The van der Waals surface area contributed by atoms with Crippen LogP contribution in [0.15, 0.2) is 24.3 Å². The van der Waals surface area contributed by atoms with Crippen molar-refractivity contribution in [2.75, 3.05) is 19.3 Å². The predicted octanol–water partition coefficient (Wildman–Crippen LogP) is 1.22. The van der Waals surface area contributed by atoms with Crippen LogP contribution in [0.4, 0.5) is 4.79 Å². The summed E-state index contributed by atoms with van der Waals surface area (Å²) in [6, 6.07) is 7.64. The van der Waals surface area contributed by atoms with Crippen molar-refractivity contribution < 1.29 is 13.2 Å². The normalized spacial score (nSPS) is 19.0. The van der Waals surface area contributed by atoms with Crippen molar-refractivity contribution in [3.63, 3.8) is 0 Å². The fourth-order valence-electron chi connectivity index (χ4n) is 2.56. The summed E-state index contributed by atoms with van der Waals surface area (Å²) < 4.78 is 25.1. The third-order valence-electron chi connectivity index (χ3n) is 3.65. The Labute approximate surface area is 131 Å². The topological polar surface area (TPSA) is 78.5 Å². The van der Waals surface area contributed by atoms with E-state index in [9.17, 15) is 13.2 Å². The number of nitrogens with zero attached hydrogens (tertiary/aromatic N) is 1. The molecule has 2 amide bonds. The molecule has 0 bridgehead atoms. The Morgan fingerprint density at radius 1 is 1.32 bits per heavy atom. The summed E-state index contributed by atoms with van der Waals surface area (Å²) in [6.45, 7) is 3.55. The van der Waals surface area contributed by atoms with Gasteiger partial charge in [0.25, 0.3) is 0 Å². The number of piperidine rings is 1. The minimum Gasteiger partial charge on any atom is -0.334 e. The molecule has 1 aromatic carbocycles. The van der Waals surface area contributed by atoms with E-state index in [2.05, 4.69) is 10.0 Å². The zero-order valence-electron chi connectivity index (χ0n) is 13.0. The number of hydrogen-bond donors (Lipinski definition) is 2. The molecule has 7 heteroatoms. The lowest BCUT2D eigenvalue weighted by Crippen LogP contribution is -2.51. The number of aryl methyl sites for hydroxylation is 1. The van der Waals surface area contributed by atoms with Crippen molar-refractivity contribution in [1.82, 2.24) is 14.9 Å². The Morgan fingerprint density at radius 2 is 2.00 bits per heavy atom. The number of rotatable bonds is 4. The van der Waals surface area contributed by atoms with Gasteiger partial charge in [-0.2, -0.15) is 0 Å². The molecule has 0 aliphatic carbocycles. The minimum atomic E-state index is -3.24. The average molecular weight is 325 g/mol. The van der Waals surface area contributed by atoms with Crippen LogP contribution < -0.4 is 10.0 Å². The smallest absolute Gasteiger partial charge is 0.317 e. The third-order valence-corrected chi connectivity index (χ3v) is 4.42. The molecule has 6 nitrogen and oxygen atoms in total. The first-order valence-corrected chi connectivity index (χ1v) is 9.28. The molecule has 1 fully saturated rings. The Bertz CT molecular complexity index is 613. The monoisotopic (exact) mass is 325 g/mol. The van der Waals surface area contributed by atoms with Crippen molar-refractivity contribution in [2.45, 2.75) is 32.4 Å². The molecule has 1 heterocycles. The fourth-order valence-corrected chi connectivity index (χ4v) is 3.35. The van der Waals surface area contributed by atoms with E-state index in [1.807, 2.05) is 31.2 Å². The van der Waals surface area contributed by atoms with Crippen molar-refractivity contribution >= 4 is 16.1 Å². The molecule has 0 spiro atoms. The summed E-state index contributed by atoms with van der Waals surface area (Å²) >= 11 is 0. The van der Waals surface area contributed by atoms with E-state index in [0.717, 1.165) is 24.7 Å². The zero-order chi connectivity index (χ0) is 16.2. The second kappa shape index (κ2) is 7.11. The maximum atomic E-state index is 12.2. The lowest BCUT2D eigenvalue weighted by atomic mass is 10.1. The van der Waals surface area contributed by atoms with Gasteiger partial charge in [-0.05, 0) is 25.3 Å². The first-order valence-electron chi connectivity index (χ1n) is 7.39. The number of hydrogen-bond acceptors (Lipinski definition) is 3. The first kappa shape index (κ1) is 16.8. The molecule has 122 valence electrons. The fraction of sp³-hybridized carbons (Fsp3) is 0.533. The van der Waals surface area contributed by atoms with Crippen LogP contribution in [0.25, 0.3) is 0 Å². The van der Waals surface area contributed by atoms with Crippen molar-refractivity contribution in [3.8, 4) is 0 Å². The highest BCUT2D eigenvalue weighted by molar-refractivity contribution is 7.88. The van der Waals surface area contributed by atoms with E-state index in [4.69, 9.17) is 0 Å². The molecule has 2 N–H and O–H groups in total. The third kappa shape index (κ3) is 5.31. The van der Waals surface area contributed by atoms with Gasteiger partial charge >= 0.3 is 6.03 Å². The molecule has 0 aromatic heterocycles. The van der Waals surface area contributed by atoms with Gasteiger partial charge in [-0.3, -0.25) is 0 Å². The van der Waals surface area contributed by atoms with Crippen LogP contribution in [0.1, 0.15) is 24.0 Å². The van der Waals surface area contributed by atoms with Crippen LogP contribution in [0.3, 0.4) is 0 Å². The van der Waals surface area contributed by atoms with Gasteiger partial charge in [0.15, 0.2) is 0 Å². The van der Waals surface area contributed by atoms with Gasteiger partial charge in [-0.1, -0.05) is 29.8 Å².